The van der Waals surface area contributed by atoms with Gasteiger partial charge in [-0.1, -0.05) is 65.3 Å². The van der Waals surface area contributed by atoms with Gasteiger partial charge in [0.1, 0.15) is 5.82 Å². The summed E-state index contributed by atoms with van der Waals surface area (Å²) in [5.74, 6) is 0.828. The van der Waals surface area contributed by atoms with Crippen molar-refractivity contribution in [3.63, 3.8) is 0 Å². The molecule has 0 spiro atoms. The minimum atomic E-state index is -0.0106. The van der Waals surface area contributed by atoms with Crippen LogP contribution in [0.1, 0.15) is 36.3 Å². The number of rotatable bonds is 10. The zero-order valence-corrected chi connectivity index (χ0v) is 20.1. The Morgan fingerprint density at radius 2 is 1.68 bits per heavy atom. The van der Waals surface area contributed by atoms with Crippen molar-refractivity contribution in [1.82, 2.24) is 19.4 Å². The van der Waals surface area contributed by atoms with Gasteiger partial charge in [-0.25, -0.2) is 4.98 Å². The molecule has 1 unspecified atom stereocenters. The molecule has 1 heterocycles. The maximum Gasteiger partial charge on any atom is 0.253 e. The summed E-state index contributed by atoms with van der Waals surface area (Å²) in [5.41, 5.74) is 2.33. The van der Waals surface area contributed by atoms with Crippen molar-refractivity contribution < 1.29 is 0 Å². The molecular weight excluding hydrogens is 452 g/mol. The molecule has 1 aromatic heterocycles. The fourth-order valence-electron chi connectivity index (χ4n) is 3.74. The van der Waals surface area contributed by atoms with Crippen LogP contribution in [0.4, 0.5) is 0 Å². The van der Waals surface area contributed by atoms with Crippen LogP contribution in [-0.4, -0.2) is 46.5 Å². The lowest BCUT2D eigenvalue weighted by Gasteiger charge is -2.33. The standard InChI is InChI=1S/C25H31BrN4O/c1-4-23(29(17-16-28(2)3)18-21-10-12-22(26)13-11-21)25-27-15-14-24(31)30(25)19-20-8-6-5-7-9-20/h5-15,23H,4,16-19H2,1-3H3. The highest BCUT2D eigenvalue weighted by molar-refractivity contribution is 9.10. The van der Waals surface area contributed by atoms with Crippen molar-refractivity contribution >= 4 is 15.9 Å². The van der Waals surface area contributed by atoms with Gasteiger partial charge in [0.2, 0.25) is 0 Å². The zero-order chi connectivity index (χ0) is 22.2. The summed E-state index contributed by atoms with van der Waals surface area (Å²) in [6.07, 6.45) is 2.51. The van der Waals surface area contributed by atoms with Gasteiger partial charge in [-0.2, -0.15) is 0 Å². The Morgan fingerprint density at radius 1 is 0.968 bits per heavy atom. The van der Waals surface area contributed by atoms with Crippen molar-refractivity contribution in [3.05, 3.63) is 98.6 Å². The highest BCUT2D eigenvalue weighted by atomic mass is 79.9. The molecule has 2 aromatic carbocycles. The second-order valence-electron chi connectivity index (χ2n) is 8.04. The molecule has 3 aromatic rings. The van der Waals surface area contributed by atoms with Crippen LogP contribution in [0.2, 0.25) is 0 Å². The molecular formula is C25H31BrN4O. The first-order valence-electron chi connectivity index (χ1n) is 10.7. The van der Waals surface area contributed by atoms with Crippen LogP contribution in [0.25, 0.3) is 0 Å². The first-order chi connectivity index (χ1) is 15.0. The van der Waals surface area contributed by atoms with E-state index in [0.717, 1.165) is 41.9 Å². The Balaban J connectivity index is 1.96. The molecule has 0 aliphatic heterocycles. The number of hydrogen-bond donors (Lipinski definition) is 0. The minimum Gasteiger partial charge on any atom is -0.308 e. The normalized spacial score (nSPS) is 12.5. The van der Waals surface area contributed by atoms with E-state index >= 15 is 0 Å². The van der Waals surface area contributed by atoms with Crippen LogP contribution in [-0.2, 0) is 13.1 Å². The van der Waals surface area contributed by atoms with Crippen LogP contribution in [0.5, 0.6) is 0 Å². The Labute approximate surface area is 193 Å². The van der Waals surface area contributed by atoms with Crippen molar-refractivity contribution in [1.29, 1.82) is 0 Å². The molecule has 0 radical (unpaired) electrons. The van der Waals surface area contributed by atoms with Gasteiger partial charge in [-0.15, -0.1) is 0 Å². The summed E-state index contributed by atoms with van der Waals surface area (Å²) in [7, 11) is 4.18. The summed E-state index contributed by atoms with van der Waals surface area (Å²) in [6, 6.07) is 20.1. The highest BCUT2D eigenvalue weighted by Crippen LogP contribution is 2.25. The Morgan fingerprint density at radius 3 is 2.32 bits per heavy atom. The summed E-state index contributed by atoms with van der Waals surface area (Å²) < 4.78 is 2.90. The topological polar surface area (TPSA) is 41.4 Å². The predicted molar refractivity (Wildman–Crippen MR) is 130 cm³/mol. The molecule has 0 aliphatic rings. The SMILES string of the molecule is CCC(c1nccc(=O)n1Cc1ccccc1)N(CCN(C)C)Cc1ccc(Br)cc1. The van der Waals surface area contributed by atoms with Crippen LogP contribution >= 0.6 is 15.9 Å². The maximum atomic E-state index is 12.8. The van der Waals surface area contributed by atoms with E-state index in [9.17, 15) is 4.79 Å². The van der Waals surface area contributed by atoms with Gasteiger partial charge in [-0.3, -0.25) is 14.3 Å². The number of nitrogens with zero attached hydrogens (tertiary/aromatic N) is 4. The van der Waals surface area contributed by atoms with E-state index < -0.39 is 0 Å². The summed E-state index contributed by atoms with van der Waals surface area (Å²) in [6.45, 7) is 5.32. The minimum absolute atomic E-state index is 0.0106. The molecule has 0 aliphatic carbocycles. The summed E-state index contributed by atoms with van der Waals surface area (Å²) >= 11 is 3.52. The molecule has 164 valence electrons. The van der Waals surface area contributed by atoms with E-state index in [2.05, 4.69) is 83.1 Å². The van der Waals surface area contributed by atoms with E-state index in [1.54, 1.807) is 12.3 Å². The van der Waals surface area contributed by atoms with E-state index in [1.807, 2.05) is 22.8 Å². The summed E-state index contributed by atoms with van der Waals surface area (Å²) in [4.78, 5) is 22.2. The first kappa shape index (κ1) is 23.4. The second kappa shape index (κ2) is 11.4. The molecule has 0 bridgehead atoms. The fraction of sp³-hybridized carbons (Fsp3) is 0.360. The fourth-order valence-corrected chi connectivity index (χ4v) is 4.01. The van der Waals surface area contributed by atoms with E-state index in [-0.39, 0.29) is 11.6 Å². The van der Waals surface area contributed by atoms with Gasteiger partial charge >= 0.3 is 0 Å². The molecule has 0 saturated carbocycles. The highest BCUT2D eigenvalue weighted by Gasteiger charge is 2.24. The molecule has 0 N–H and O–H groups in total. The molecule has 0 saturated heterocycles. The van der Waals surface area contributed by atoms with Crippen LogP contribution in [0.3, 0.4) is 0 Å². The molecule has 3 rings (SSSR count). The largest absolute Gasteiger partial charge is 0.308 e. The smallest absolute Gasteiger partial charge is 0.253 e. The van der Waals surface area contributed by atoms with Crippen molar-refractivity contribution in [2.45, 2.75) is 32.5 Å². The lowest BCUT2D eigenvalue weighted by atomic mass is 10.1. The van der Waals surface area contributed by atoms with Crippen LogP contribution < -0.4 is 5.56 Å². The van der Waals surface area contributed by atoms with E-state index in [1.165, 1.54) is 5.56 Å². The average molecular weight is 483 g/mol. The molecule has 5 nitrogen and oxygen atoms in total. The number of aromatic nitrogens is 2. The lowest BCUT2D eigenvalue weighted by Crippen LogP contribution is -2.38. The molecule has 31 heavy (non-hydrogen) atoms. The Bertz CT molecular complexity index is 1000. The molecule has 6 heteroatoms. The van der Waals surface area contributed by atoms with Crippen LogP contribution in [0, 0.1) is 0 Å². The van der Waals surface area contributed by atoms with Crippen molar-refractivity contribution in [2.75, 3.05) is 27.2 Å². The van der Waals surface area contributed by atoms with Gasteiger partial charge in [-0.05, 0) is 43.8 Å². The van der Waals surface area contributed by atoms with Crippen molar-refractivity contribution in [3.8, 4) is 0 Å². The van der Waals surface area contributed by atoms with Gasteiger partial charge in [0.05, 0.1) is 12.6 Å². The number of likely N-dealkylation sites (N-methyl/N-ethyl adjacent to an activating group) is 1. The van der Waals surface area contributed by atoms with E-state index in [4.69, 9.17) is 4.98 Å². The Hall–Kier alpha value is -2.28. The van der Waals surface area contributed by atoms with Crippen molar-refractivity contribution in [2.24, 2.45) is 0 Å². The zero-order valence-electron chi connectivity index (χ0n) is 18.5. The molecule has 0 amide bonds. The monoisotopic (exact) mass is 482 g/mol. The predicted octanol–water partition coefficient (Wildman–Crippen LogP) is 4.57. The first-order valence-corrected chi connectivity index (χ1v) is 11.5. The number of hydrogen-bond acceptors (Lipinski definition) is 4. The van der Waals surface area contributed by atoms with Gasteiger partial charge in [0.15, 0.2) is 0 Å². The third-order valence-corrected chi connectivity index (χ3v) is 5.94. The van der Waals surface area contributed by atoms with E-state index in [0.29, 0.717) is 6.54 Å². The molecule has 0 fully saturated rings. The second-order valence-corrected chi connectivity index (χ2v) is 8.95. The maximum absolute atomic E-state index is 12.8. The third kappa shape index (κ3) is 6.60. The molecule has 1 atom stereocenters. The average Bonchev–Trinajstić information content (AvgIpc) is 2.76. The van der Waals surface area contributed by atoms with Gasteiger partial charge < -0.3 is 4.90 Å². The quantitative estimate of drug-likeness (QED) is 0.424. The summed E-state index contributed by atoms with van der Waals surface area (Å²) in [5, 5.41) is 0. The van der Waals surface area contributed by atoms with Gasteiger partial charge in [0.25, 0.3) is 5.56 Å². The van der Waals surface area contributed by atoms with Gasteiger partial charge in [0, 0.05) is 36.4 Å². The number of benzene rings is 2. The Kier molecular flexibility index (Phi) is 8.58. The lowest BCUT2D eigenvalue weighted by molar-refractivity contribution is 0.155. The number of halogens is 1. The third-order valence-electron chi connectivity index (χ3n) is 5.41. The van der Waals surface area contributed by atoms with Crippen LogP contribution in [0.15, 0.2) is 76.1 Å².